The molecule has 1 atom stereocenters. The molecule has 0 aliphatic rings. The number of benzene rings is 2. The summed E-state index contributed by atoms with van der Waals surface area (Å²) >= 11 is 0. The smallest absolute Gasteiger partial charge is 0.251 e. The number of nitrogens with zero attached hydrogens (tertiary/aromatic N) is 4. The standard InChI is InChI=1S/C20H23N5O3/c1-13(2)18(25-23-19(22-24-25)14-8-6-5-7-9-14)20(26)21-15-10-16(27-3)12-17(11-15)28-4/h5-13,18H,1-4H3,(H,21,26). The van der Waals surface area contributed by atoms with Crippen molar-refractivity contribution in [2.75, 3.05) is 19.5 Å². The summed E-state index contributed by atoms with van der Waals surface area (Å²) in [5, 5.41) is 15.5. The van der Waals surface area contributed by atoms with E-state index >= 15 is 0 Å². The quantitative estimate of drug-likeness (QED) is 0.676. The van der Waals surface area contributed by atoms with Crippen molar-refractivity contribution >= 4 is 11.6 Å². The van der Waals surface area contributed by atoms with Gasteiger partial charge in [-0.15, -0.1) is 10.2 Å². The number of rotatable bonds is 7. The SMILES string of the molecule is COc1cc(NC(=O)C(C(C)C)n2nnc(-c3ccccc3)n2)cc(OC)c1. The van der Waals surface area contributed by atoms with Crippen LogP contribution in [0.5, 0.6) is 11.5 Å². The van der Waals surface area contributed by atoms with Gasteiger partial charge in [0.1, 0.15) is 11.5 Å². The number of ether oxygens (including phenoxy) is 2. The Morgan fingerprint density at radius 3 is 2.25 bits per heavy atom. The first-order valence-electron chi connectivity index (χ1n) is 8.90. The number of tetrazole rings is 1. The van der Waals surface area contributed by atoms with Crippen LogP contribution < -0.4 is 14.8 Å². The van der Waals surface area contributed by atoms with Gasteiger partial charge in [-0.25, -0.2) is 0 Å². The number of carbonyl (C=O) groups excluding carboxylic acids is 1. The Balaban J connectivity index is 1.85. The van der Waals surface area contributed by atoms with E-state index in [4.69, 9.17) is 9.47 Å². The molecule has 146 valence electrons. The van der Waals surface area contributed by atoms with Crippen LogP contribution in [0.4, 0.5) is 5.69 Å². The number of nitrogens with one attached hydrogen (secondary N) is 1. The second kappa shape index (κ2) is 8.51. The summed E-state index contributed by atoms with van der Waals surface area (Å²) in [7, 11) is 3.11. The summed E-state index contributed by atoms with van der Waals surface area (Å²) in [6.45, 7) is 3.86. The second-order valence-electron chi connectivity index (χ2n) is 6.58. The molecule has 0 aliphatic carbocycles. The van der Waals surface area contributed by atoms with E-state index in [2.05, 4.69) is 20.7 Å². The van der Waals surface area contributed by atoms with Gasteiger partial charge in [-0.2, -0.15) is 4.80 Å². The number of aromatic nitrogens is 4. The zero-order chi connectivity index (χ0) is 20.1. The third-order valence-electron chi connectivity index (χ3n) is 4.23. The zero-order valence-electron chi connectivity index (χ0n) is 16.3. The van der Waals surface area contributed by atoms with Crippen molar-refractivity contribution in [3.8, 4) is 22.9 Å². The molecule has 0 bridgehead atoms. The fourth-order valence-corrected chi connectivity index (χ4v) is 2.82. The van der Waals surface area contributed by atoms with Gasteiger partial charge in [0, 0.05) is 29.4 Å². The number of anilines is 1. The van der Waals surface area contributed by atoms with E-state index in [0.29, 0.717) is 23.0 Å². The van der Waals surface area contributed by atoms with Gasteiger partial charge in [0.15, 0.2) is 6.04 Å². The van der Waals surface area contributed by atoms with E-state index < -0.39 is 6.04 Å². The van der Waals surface area contributed by atoms with E-state index in [1.165, 1.54) is 4.80 Å². The summed E-state index contributed by atoms with van der Waals surface area (Å²) in [6, 6.07) is 14.1. The molecule has 1 unspecified atom stereocenters. The molecule has 0 radical (unpaired) electrons. The normalized spacial score (nSPS) is 11.9. The van der Waals surface area contributed by atoms with Crippen LogP contribution >= 0.6 is 0 Å². The van der Waals surface area contributed by atoms with E-state index in [9.17, 15) is 4.79 Å². The van der Waals surface area contributed by atoms with Gasteiger partial charge in [0.25, 0.3) is 5.91 Å². The average molecular weight is 381 g/mol. The second-order valence-corrected chi connectivity index (χ2v) is 6.58. The van der Waals surface area contributed by atoms with Gasteiger partial charge in [-0.3, -0.25) is 4.79 Å². The number of hydrogen-bond acceptors (Lipinski definition) is 6. The third kappa shape index (κ3) is 4.28. The monoisotopic (exact) mass is 381 g/mol. The molecule has 1 aromatic heterocycles. The van der Waals surface area contributed by atoms with Crippen LogP contribution in [0.1, 0.15) is 19.9 Å². The van der Waals surface area contributed by atoms with Gasteiger partial charge in [-0.05, 0) is 11.1 Å². The van der Waals surface area contributed by atoms with Gasteiger partial charge in [0.05, 0.1) is 14.2 Å². The lowest BCUT2D eigenvalue weighted by atomic mass is 10.0. The van der Waals surface area contributed by atoms with Crippen LogP contribution in [0, 0.1) is 5.92 Å². The Morgan fingerprint density at radius 2 is 1.68 bits per heavy atom. The largest absolute Gasteiger partial charge is 0.497 e. The van der Waals surface area contributed by atoms with E-state index in [-0.39, 0.29) is 11.8 Å². The van der Waals surface area contributed by atoms with E-state index in [1.54, 1.807) is 32.4 Å². The molecule has 3 rings (SSSR count). The highest BCUT2D eigenvalue weighted by Crippen LogP contribution is 2.27. The van der Waals surface area contributed by atoms with Crippen LogP contribution in [-0.4, -0.2) is 40.3 Å². The minimum atomic E-state index is -0.623. The fraction of sp³-hybridized carbons (Fsp3) is 0.300. The molecule has 8 heteroatoms. The summed E-state index contributed by atoms with van der Waals surface area (Å²) in [4.78, 5) is 14.3. The highest BCUT2D eigenvalue weighted by atomic mass is 16.5. The predicted octanol–water partition coefficient (Wildman–Crippen LogP) is 3.19. The molecule has 0 saturated carbocycles. The summed E-state index contributed by atoms with van der Waals surface area (Å²) in [6.07, 6.45) is 0. The molecular formula is C20H23N5O3. The van der Waals surface area contributed by atoms with Crippen molar-refractivity contribution in [1.29, 1.82) is 0 Å². The molecule has 0 aliphatic heterocycles. The lowest BCUT2D eigenvalue weighted by molar-refractivity contribution is -0.121. The van der Waals surface area contributed by atoms with E-state index in [1.807, 2.05) is 44.2 Å². The van der Waals surface area contributed by atoms with Crippen LogP contribution in [-0.2, 0) is 4.79 Å². The Hall–Kier alpha value is -3.42. The molecule has 0 fully saturated rings. The summed E-state index contributed by atoms with van der Waals surface area (Å²) in [5.74, 6) is 1.34. The number of amides is 1. The number of methoxy groups -OCH3 is 2. The summed E-state index contributed by atoms with van der Waals surface area (Å²) < 4.78 is 10.5. The Kier molecular flexibility index (Phi) is 5.88. The van der Waals surface area contributed by atoms with Crippen molar-refractivity contribution in [2.24, 2.45) is 5.92 Å². The maximum absolute atomic E-state index is 13.0. The van der Waals surface area contributed by atoms with Gasteiger partial charge in [0.2, 0.25) is 5.82 Å². The average Bonchev–Trinajstić information content (AvgIpc) is 3.17. The van der Waals surface area contributed by atoms with Gasteiger partial charge < -0.3 is 14.8 Å². The molecule has 0 spiro atoms. The number of carbonyl (C=O) groups is 1. The van der Waals surface area contributed by atoms with Gasteiger partial charge in [-0.1, -0.05) is 44.2 Å². The molecule has 2 aromatic carbocycles. The van der Waals surface area contributed by atoms with Crippen molar-refractivity contribution in [2.45, 2.75) is 19.9 Å². The highest BCUT2D eigenvalue weighted by Gasteiger charge is 2.27. The lowest BCUT2D eigenvalue weighted by Crippen LogP contribution is -2.31. The number of hydrogen-bond donors (Lipinski definition) is 1. The molecule has 1 heterocycles. The first-order chi connectivity index (χ1) is 13.5. The first-order valence-corrected chi connectivity index (χ1v) is 8.90. The fourth-order valence-electron chi connectivity index (χ4n) is 2.82. The highest BCUT2D eigenvalue weighted by molar-refractivity contribution is 5.94. The minimum absolute atomic E-state index is 0.0506. The Bertz CT molecular complexity index is 918. The van der Waals surface area contributed by atoms with Crippen molar-refractivity contribution < 1.29 is 14.3 Å². The topological polar surface area (TPSA) is 91.2 Å². The first kappa shape index (κ1) is 19.3. The minimum Gasteiger partial charge on any atom is -0.497 e. The molecular weight excluding hydrogens is 358 g/mol. The molecule has 8 nitrogen and oxygen atoms in total. The molecule has 1 N–H and O–H groups in total. The van der Waals surface area contributed by atoms with Crippen molar-refractivity contribution in [1.82, 2.24) is 20.2 Å². The maximum atomic E-state index is 13.0. The predicted molar refractivity (Wildman–Crippen MR) is 105 cm³/mol. The molecule has 3 aromatic rings. The molecule has 28 heavy (non-hydrogen) atoms. The molecule has 0 saturated heterocycles. The van der Waals surface area contributed by atoms with Crippen molar-refractivity contribution in [3.63, 3.8) is 0 Å². The third-order valence-corrected chi connectivity index (χ3v) is 4.23. The lowest BCUT2D eigenvalue weighted by Gasteiger charge is -2.19. The zero-order valence-corrected chi connectivity index (χ0v) is 16.3. The molecule has 1 amide bonds. The Labute approximate surface area is 163 Å². The van der Waals surface area contributed by atoms with Crippen molar-refractivity contribution in [3.05, 3.63) is 48.5 Å². The van der Waals surface area contributed by atoms with Crippen LogP contribution in [0.15, 0.2) is 48.5 Å². The van der Waals surface area contributed by atoms with Gasteiger partial charge >= 0.3 is 0 Å². The Morgan fingerprint density at radius 1 is 1.04 bits per heavy atom. The van der Waals surface area contributed by atoms with Crippen LogP contribution in [0.25, 0.3) is 11.4 Å². The summed E-state index contributed by atoms with van der Waals surface area (Å²) in [5.41, 5.74) is 1.41. The van der Waals surface area contributed by atoms with Crippen LogP contribution in [0.3, 0.4) is 0 Å². The van der Waals surface area contributed by atoms with E-state index in [0.717, 1.165) is 5.56 Å². The maximum Gasteiger partial charge on any atom is 0.251 e. The van der Waals surface area contributed by atoms with Crippen LogP contribution in [0.2, 0.25) is 0 Å².